The molecule has 112 valence electrons. The van der Waals surface area contributed by atoms with Crippen LogP contribution in [0.2, 0.25) is 0 Å². The first-order chi connectivity index (χ1) is 9.10. The highest BCUT2D eigenvalue weighted by Gasteiger charge is 2.37. The van der Waals surface area contributed by atoms with Crippen LogP contribution in [0.1, 0.15) is 71.1 Å². The van der Waals surface area contributed by atoms with Gasteiger partial charge < -0.3 is 14.0 Å². The third-order valence-electron chi connectivity index (χ3n) is 4.34. The van der Waals surface area contributed by atoms with Gasteiger partial charge in [-0.3, -0.25) is 5.50 Å². The Bertz CT molecular complexity index is 279. The summed E-state index contributed by atoms with van der Waals surface area (Å²) in [5, 5.41) is 0. The molecule has 0 bridgehead atoms. The van der Waals surface area contributed by atoms with Gasteiger partial charge in [-0.25, -0.2) is 0 Å². The van der Waals surface area contributed by atoms with Gasteiger partial charge in [0.2, 0.25) is 5.53 Å². The molecule has 0 aromatic rings. The van der Waals surface area contributed by atoms with Gasteiger partial charge in [-0.1, -0.05) is 38.5 Å². The molecule has 19 heavy (non-hydrogen) atoms. The summed E-state index contributed by atoms with van der Waals surface area (Å²) < 4.78 is 24.0. The summed E-state index contributed by atoms with van der Waals surface area (Å²) in [6, 6.07) is 0. The maximum absolute atomic E-state index is 11.9. The lowest BCUT2D eigenvalue weighted by Crippen LogP contribution is -2.39. The van der Waals surface area contributed by atoms with Crippen molar-refractivity contribution < 1.29 is 14.0 Å². The van der Waals surface area contributed by atoms with Crippen molar-refractivity contribution in [3.8, 4) is 0 Å². The zero-order valence-electron chi connectivity index (χ0n) is 12.0. The highest BCUT2D eigenvalue weighted by molar-refractivity contribution is 7.43. The van der Waals surface area contributed by atoms with E-state index in [9.17, 15) is 4.57 Å². The van der Waals surface area contributed by atoms with Crippen molar-refractivity contribution in [3.63, 3.8) is 0 Å². The predicted molar refractivity (Wildman–Crippen MR) is 77.5 cm³/mol. The van der Waals surface area contributed by atoms with Gasteiger partial charge in [-0.05, 0) is 32.6 Å². The molecule has 0 aromatic carbocycles. The normalized spacial score (nSPS) is 25.4. The van der Waals surface area contributed by atoms with Gasteiger partial charge in [0.05, 0.1) is 12.2 Å². The van der Waals surface area contributed by atoms with Gasteiger partial charge in [0.1, 0.15) is 0 Å². The Morgan fingerprint density at radius 3 is 1.58 bits per heavy atom. The van der Waals surface area contributed by atoms with Crippen LogP contribution in [0.4, 0.5) is 0 Å². The molecule has 4 nitrogen and oxygen atoms in total. The molecular weight excluding hydrogens is 261 g/mol. The fourth-order valence-corrected chi connectivity index (χ4v) is 3.71. The van der Waals surface area contributed by atoms with Crippen LogP contribution in [0.5, 0.6) is 0 Å². The van der Waals surface area contributed by atoms with Crippen LogP contribution in [0.15, 0.2) is 0 Å². The molecule has 2 aliphatic carbocycles. The molecule has 0 aliphatic heterocycles. The van der Waals surface area contributed by atoms with E-state index in [2.05, 4.69) is 0 Å². The molecule has 5 heteroatoms. The zero-order valence-corrected chi connectivity index (χ0v) is 13.0. The van der Waals surface area contributed by atoms with Crippen LogP contribution in [0.25, 0.3) is 0 Å². The molecule has 0 aromatic heterocycles. The van der Waals surface area contributed by atoms with Gasteiger partial charge in [0, 0.05) is 0 Å². The molecule has 0 heterocycles. The summed E-state index contributed by atoms with van der Waals surface area (Å²) in [6.45, 7) is 1.78. The largest absolute Gasteiger partial charge is 0.340 e. The quantitative estimate of drug-likeness (QED) is 0.618. The number of rotatable bonds is 5. The van der Waals surface area contributed by atoms with Gasteiger partial charge >= 0.3 is 0 Å². The second kappa shape index (κ2) is 7.21. The van der Waals surface area contributed by atoms with Gasteiger partial charge in [0.15, 0.2) is 7.95 Å². The van der Waals surface area contributed by atoms with Crippen LogP contribution in [-0.4, -0.2) is 17.7 Å². The summed E-state index contributed by atoms with van der Waals surface area (Å²) in [5.41, 5.74) is 4.64. The van der Waals surface area contributed by atoms with E-state index in [1.54, 1.807) is 6.92 Å². The molecular formula is C14H28NO3P. The standard InChI is InChI=1S/C14H28NO3P/c1-14(19(15)16,17-12-8-4-2-5-9-12)18-13-10-6-3-7-11-13/h12-13,19H,2-11H2,1H3,(H2,15,16). The van der Waals surface area contributed by atoms with E-state index in [1.807, 2.05) is 0 Å². The summed E-state index contributed by atoms with van der Waals surface area (Å²) in [6.07, 6.45) is 11.8. The molecule has 2 rings (SSSR count). The Morgan fingerprint density at radius 2 is 1.26 bits per heavy atom. The van der Waals surface area contributed by atoms with E-state index in [0.29, 0.717) is 0 Å². The maximum atomic E-state index is 11.9. The van der Waals surface area contributed by atoms with Crippen molar-refractivity contribution in [1.82, 2.24) is 0 Å². The Balaban J connectivity index is 1.93. The van der Waals surface area contributed by atoms with E-state index in [1.165, 1.54) is 38.5 Å². The molecule has 0 amide bonds. The van der Waals surface area contributed by atoms with E-state index in [0.717, 1.165) is 25.7 Å². The first-order valence-corrected chi connectivity index (χ1v) is 9.24. The first-order valence-electron chi connectivity index (χ1n) is 7.76. The van der Waals surface area contributed by atoms with Crippen LogP contribution >= 0.6 is 7.95 Å². The SMILES string of the molecule is CC(OC1CCCCC1)(OC1CCCCC1)[PH](N)=O. The van der Waals surface area contributed by atoms with Crippen molar-refractivity contribution in [2.75, 3.05) is 0 Å². The van der Waals surface area contributed by atoms with Gasteiger partial charge in [0.25, 0.3) is 0 Å². The number of hydrogen-bond acceptors (Lipinski definition) is 3. The number of hydrogen-bond donors (Lipinski definition) is 1. The van der Waals surface area contributed by atoms with Crippen LogP contribution in [0.3, 0.4) is 0 Å². The molecule has 1 atom stereocenters. The van der Waals surface area contributed by atoms with E-state index in [-0.39, 0.29) is 12.2 Å². The Morgan fingerprint density at radius 1 is 0.895 bits per heavy atom. The third kappa shape index (κ3) is 4.56. The lowest BCUT2D eigenvalue weighted by molar-refractivity contribution is -0.223. The molecule has 2 fully saturated rings. The highest BCUT2D eigenvalue weighted by Crippen LogP contribution is 2.40. The number of ether oxygens (including phenoxy) is 2. The van der Waals surface area contributed by atoms with E-state index in [4.69, 9.17) is 15.0 Å². The molecule has 2 aliphatic rings. The third-order valence-corrected chi connectivity index (χ3v) is 5.47. The smallest absolute Gasteiger partial charge is 0.230 e. The maximum Gasteiger partial charge on any atom is 0.230 e. The van der Waals surface area contributed by atoms with Gasteiger partial charge in [-0.2, -0.15) is 0 Å². The van der Waals surface area contributed by atoms with Crippen molar-refractivity contribution in [3.05, 3.63) is 0 Å². The molecule has 0 spiro atoms. The topological polar surface area (TPSA) is 61.6 Å². The van der Waals surface area contributed by atoms with E-state index >= 15 is 0 Å². The van der Waals surface area contributed by atoms with Crippen LogP contribution in [0, 0.1) is 0 Å². The average molecular weight is 289 g/mol. The van der Waals surface area contributed by atoms with Crippen LogP contribution < -0.4 is 5.50 Å². The molecule has 0 saturated heterocycles. The zero-order chi connectivity index (χ0) is 13.7. The molecule has 2 N–H and O–H groups in total. The first kappa shape index (κ1) is 15.5. The molecule has 0 radical (unpaired) electrons. The minimum Gasteiger partial charge on any atom is -0.340 e. The van der Waals surface area contributed by atoms with Crippen molar-refractivity contribution in [1.29, 1.82) is 0 Å². The predicted octanol–water partition coefficient (Wildman–Crippen LogP) is 3.79. The second-order valence-corrected chi connectivity index (χ2v) is 7.70. The number of nitrogens with two attached hydrogens (primary N) is 1. The molecule has 2 saturated carbocycles. The van der Waals surface area contributed by atoms with E-state index < -0.39 is 13.5 Å². The summed E-state index contributed by atoms with van der Waals surface area (Å²) >= 11 is 0. The summed E-state index contributed by atoms with van der Waals surface area (Å²) in [5.74, 6) is 0. The average Bonchev–Trinajstić information content (AvgIpc) is 2.40. The lowest BCUT2D eigenvalue weighted by atomic mass is 9.97. The van der Waals surface area contributed by atoms with Crippen molar-refractivity contribution >= 4 is 7.95 Å². The summed E-state index contributed by atoms with van der Waals surface area (Å²) in [7, 11) is -2.36. The van der Waals surface area contributed by atoms with Gasteiger partial charge in [-0.15, -0.1) is 0 Å². The lowest BCUT2D eigenvalue weighted by Gasteiger charge is -2.37. The highest BCUT2D eigenvalue weighted by atomic mass is 31.1. The Labute approximate surface area is 117 Å². The minimum absolute atomic E-state index is 0.167. The fraction of sp³-hybridized carbons (Fsp3) is 1.00. The van der Waals surface area contributed by atoms with Crippen molar-refractivity contribution in [2.24, 2.45) is 5.50 Å². The van der Waals surface area contributed by atoms with Crippen molar-refractivity contribution in [2.45, 2.75) is 88.9 Å². The Hall–Kier alpha value is 0.110. The minimum atomic E-state index is -2.36. The Kier molecular flexibility index (Phi) is 5.88. The monoisotopic (exact) mass is 289 g/mol. The summed E-state index contributed by atoms with van der Waals surface area (Å²) in [4.78, 5) is 0. The fourth-order valence-electron chi connectivity index (χ4n) is 3.15. The van der Waals surface area contributed by atoms with Crippen LogP contribution in [-0.2, 0) is 14.0 Å². The second-order valence-electron chi connectivity index (χ2n) is 6.07. The molecule has 1 unspecified atom stereocenters.